The minimum atomic E-state index is -0.0265. The predicted octanol–water partition coefficient (Wildman–Crippen LogP) is 1.52. The van der Waals surface area contributed by atoms with Gasteiger partial charge in [-0.05, 0) is 38.1 Å². The molecule has 0 aromatic heterocycles. The summed E-state index contributed by atoms with van der Waals surface area (Å²) < 4.78 is 0. The van der Waals surface area contributed by atoms with Crippen molar-refractivity contribution in [3.05, 3.63) is 0 Å². The first kappa shape index (κ1) is 22.7. The molecule has 7 heteroatoms. The van der Waals surface area contributed by atoms with E-state index in [1.54, 1.807) is 0 Å². The number of piperazine rings is 1. The molecule has 2 rings (SSSR count). The molecule has 28 heavy (non-hydrogen) atoms. The summed E-state index contributed by atoms with van der Waals surface area (Å²) in [6, 6.07) is -0.0265. The molecule has 2 saturated heterocycles. The van der Waals surface area contributed by atoms with Crippen LogP contribution < -0.4 is 10.6 Å². The third kappa shape index (κ3) is 7.78. The van der Waals surface area contributed by atoms with Gasteiger partial charge < -0.3 is 20.4 Å². The molecule has 0 aromatic rings. The van der Waals surface area contributed by atoms with Crippen molar-refractivity contribution in [3.8, 4) is 0 Å². The second-order valence-corrected chi connectivity index (χ2v) is 8.46. The van der Waals surface area contributed by atoms with Gasteiger partial charge >= 0.3 is 0 Å². The van der Waals surface area contributed by atoms with Crippen molar-refractivity contribution in [2.24, 2.45) is 5.92 Å². The van der Waals surface area contributed by atoms with E-state index in [0.717, 1.165) is 45.1 Å². The largest absolute Gasteiger partial charge is 0.355 e. The number of carbonyl (C=O) groups excluding carboxylic acids is 3. The summed E-state index contributed by atoms with van der Waals surface area (Å²) >= 11 is 0. The van der Waals surface area contributed by atoms with E-state index in [-0.39, 0.29) is 23.8 Å². The summed E-state index contributed by atoms with van der Waals surface area (Å²) in [6.45, 7) is 8.31. The van der Waals surface area contributed by atoms with Crippen LogP contribution in [0.15, 0.2) is 0 Å². The van der Waals surface area contributed by atoms with Gasteiger partial charge in [0.05, 0.1) is 6.04 Å². The molecule has 0 spiro atoms. The molecule has 0 saturated carbocycles. The lowest BCUT2D eigenvalue weighted by atomic mass is 10.0. The van der Waals surface area contributed by atoms with Crippen molar-refractivity contribution in [2.45, 2.75) is 71.3 Å². The van der Waals surface area contributed by atoms with E-state index in [2.05, 4.69) is 24.5 Å². The molecule has 7 nitrogen and oxygen atoms in total. The Bertz CT molecular complexity index is 510. The topological polar surface area (TPSA) is 81.8 Å². The average Bonchev–Trinajstić information content (AvgIpc) is 2.70. The van der Waals surface area contributed by atoms with Gasteiger partial charge in [-0.15, -0.1) is 0 Å². The Morgan fingerprint density at radius 3 is 2.25 bits per heavy atom. The Hall–Kier alpha value is -1.63. The maximum absolute atomic E-state index is 12.3. The number of nitrogens with zero attached hydrogens (tertiary/aromatic N) is 2. The molecule has 3 amide bonds. The van der Waals surface area contributed by atoms with Crippen LogP contribution in [0.4, 0.5) is 0 Å². The van der Waals surface area contributed by atoms with E-state index < -0.39 is 0 Å². The number of piperidine rings is 1. The molecular weight excluding hydrogens is 356 g/mol. The van der Waals surface area contributed by atoms with Gasteiger partial charge in [-0.25, -0.2) is 0 Å². The molecule has 1 unspecified atom stereocenters. The molecule has 2 heterocycles. The highest BCUT2D eigenvalue weighted by molar-refractivity contribution is 5.81. The molecule has 2 aliphatic rings. The fourth-order valence-electron chi connectivity index (χ4n) is 3.83. The highest BCUT2D eigenvalue weighted by Crippen LogP contribution is 2.11. The fourth-order valence-corrected chi connectivity index (χ4v) is 3.83. The smallest absolute Gasteiger partial charge is 0.237 e. The van der Waals surface area contributed by atoms with Gasteiger partial charge in [-0.3, -0.25) is 14.4 Å². The zero-order chi connectivity index (χ0) is 20.4. The molecule has 0 aromatic carbocycles. The number of amides is 3. The summed E-state index contributed by atoms with van der Waals surface area (Å²) in [4.78, 5) is 40.2. The normalized spacial score (nSPS) is 20.3. The lowest BCUT2D eigenvalue weighted by Gasteiger charge is -2.35. The van der Waals surface area contributed by atoms with E-state index >= 15 is 0 Å². The van der Waals surface area contributed by atoms with Crippen molar-refractivity contribution in [1.29, 1.82) is 0 Å². The Balaban J connectivity index is 1.51. The van der Waals surface area contributed by atoms with Crippen LogP contribution in [0, 0.1) is 5.92 Å². The first-order chi connectivity index (χ1) is 13.5. The molecule has 0 aliphatic carbocycles. The molecule has 0 radical (unpaired) electrons. The van der Waals surface area contributed by atoms with Crippen LogP contribution in [0.25, 0.3) is 0 Å². The third-order valence-corrected chi connectivity index (χ3v) is 5.56. The van der Waals surface area contributed by atoms with Gasteiger partial charge in [0.25, 0.3) is 0 Å². The maximum Gasteiger partial charge on any atom is 0.237 e. The number of rotatable bonds is 9. The van der Waals surface area contributed by atoms with Crippen LogP contribution in [0.1, 0.15) is 65.2 Å². The van der Waals surface area contributed by atoms with E-state index in [4.69, 9.17) is 0 Å². The number of nitrogens with one attached hydrogen (secondary N) is 2. The lowest BCUT2D eigenvalue weighted by molar-refractivity contribution is -0.140. The first-order valence-corrected chi connectivity index (χ1v) is 11.0. The van der Waals surface area contributed by atoms with Crippen molar-refractivity contribution < 1.29 is 14.4 Å². The van der Waals surface area contributed by atoms with Crippen molar-refractivity contribution in [3.63, 3.8) is 0 Å². The SMILES string of the molecule is CC(C)CC(=O)N1CCN(C(=O)CCCCCNC(=O)C2CCCCN2)CC1. The minimum absolute atomic E-state index is 0.0265. The molecule has 2 fully saturated rings. The van der Waals surface area contributed by atoms with Crippen LogP contribution in [0.3, 0.4) is 0 Å². The van der Waals surface area contributed by atoms with E-state index in [0.29, 0.717) is 51.5 Å². The van der Waals surface area contributed by atoms with Gasteiger partial charge in [-0.1, -0.05) is 26.7 Å². The van der Waals surface area contributed by atoms with Gasteiger partial charge in [0.1, 0.15) is 0 Å². The first-order valence-electron chi connectivity index (χ1n) is 11.0. The number of unbranched alkanes of at least 4 members (excludes halogenated alkanes) is 2. The molecule has 2 N–H and O–H groups in total. The van der Waals surface area contributed by atoms with Gasteiger partial charge in [0, 0.05) is 45.6 Å². The highest BCUT2D eigenvalue weighted by Gasteiger charge is 2.24. The third-order valence-electron chi connectivity index (χ3n) is 5.56. The van der Waals surface area contributed by atoms with Crippen LogP contribution in [0.5, 0.6) is 0 Å². The van der Waals surface area contributed by atoms with Crippen LogP contribution in [-0.2, 0) is 14.4 Å². The van der Waals surface area contributed by atoms with Crippen molar-refractivity contribution in [2.75, 3.05) is 39.3 Å². The average molecular weight is 395 g/mol. The zero-order valence-corrected chi connectivity index (χ0v) is 17.7. The predicted molar refractivity (Wildman–Crippen MR) is 110 cm³/mol. The van der Waals surface area contributed by atoms with E-state index in [1.807, 2.05) is 9.80 Å². The second kappa shape index (κ2) is 12.0. The van der Waals surface area contributed by atoms with Crippen molar-refractivity contribution in [1.82, 2.24) is 20.4 Å². The van der Waals surface area contributed by atoms with Gasteiger partial charge in [-0.2, -0.15) is 0 Å². The summed E-state index contributed by atoms with van der Waals surface area (Å²) in [7, 11) is 0. The highest BCUT2D eigenvalue weighted by atomic mass is 16.2. The minimum Gasteiger partial charge on any atom is -0.355 e. The summed E-state index contributed by atoms with van der Waals surface area (Å²) in [6.07, 6.45) is 7.04. The molecule has 2 aliphatic heterocycles. The van der Waals surface area contributed by atoms with Crippen LogP contribution >= 0.6 is 0 Å². The lowest BCUT2D eigenvalue weighted by Crippen LogP contribution is -2.50. The van der Waals surface area contributed by atoms with Crippen LogP contribution in [0.2, 0.25) is 0 Å². The number of hydrogen-bond acceptors (Lipinski definition) is 4. The van der Waals surface area contributed by atoms with Crippen molar-refractivity contribution >= 4 is 17.7 Å². The maximum atomic E-state index is 12.3. The second-order valence-electron chi connectivity index (χ2n) is 8.46. The summed E-state index contributed by atoms with van der Waals surface area (Å²) in [5, 5.41) is 6.25. The molecule has 0 bridgehead atoms. The Morgan fingerprint density at radius 1 is 0.964 bits per heavy atom. The zero-order valence-electron chi connectivity index (χ0n) is 17.7. The standard InChI is InChI=1S/C21H38N4O3/c1-17(2)16-20(27)25-14-12-24(13-15-25)19(26)9-4-3-6-11-23-21(28)18-8-5-7-10-22-18/h17-18,22H,3-16H2,1-2H3,(H,23,28). The van der Waals surface area contributed by atoms with Crippen LogP contribution in [-0.4, -0.2) is 72.8 Å². The Kier molecular flexibility index (Phi) is 9.75. The molecular formula is C21H38N4O3. The van der Waals surface area contributed by atoms with E-state index in [1.165, 1.54) is 0 Å². The Morgan fingerprint density at radius 2 is 1.64 bits per heavy atom. The summed E-state index contributed by atoms with van der Waals surface area (Å²) in [5.74, 6) is 0.871. The quantitative estimate of drug-likeness (QED) is 0.581. The van der Waals surface area contributed by atoms with Gasteiger partial charge in [0.2, 0.25) is 17.7 Å². The fraction of sp³-hybridized carbons (Fsp3) is 0.857. The molecule has 1 atom stereocenters. The number of carbonyl (C=O) groups is 3. The number of hydrogen-bond donors (Lipinski definition) is 2. The van der Waals surface area contributed by atoms with E-state index in [9.17, 15) is 14.4 Å². The Labute approximate surface area is 169 Å². The summed E-state index contributed by atoms with van der Waals surface area (Å²) in [5.41, 5.74) is 0. The van der Waals surface area contributed by atoms with Gasteiger partial charge in [0.15, 0.2) is 0 Å². The monoisotopic (exact) mass is 394 g/mol. The molecule has 160 valence electrons.